The van der Waals surface area contributed by atoms with E-state index in [4.69, 9.17) is 16.3 Å². The number of halogens is 1. The molecule has 4 rings (SSSR count). The van der Waals surface area contributed by atoms with Gasteiger partial charge in [-0.1, -0.05) is 29.0 Å². The van der Waals surface area contributed by atoms with Crippen LogP contribution in [0.15, 0.2) is 33.9 Å². The van der Waals surface area contributed by atoms with Crippen molar-refractivity contribution in [1.82, 2.24) is 9.29 Å². The molecule has 154 valence electrons. The van der Waals surface area contributed by atoms with Crippen LogP contribution >= 0.6 is 34.3 Å². The summed E-state index contributed by atoms with van der Waals surface area (Å²) < 4.78 is 33.1. The normalized spacial score (nSPS) is 16.2. The molecule has 0 aliphatic carbocycles. The summed E-state index contributed by atoms with van der Waals surface area (Å²) in [5, 5.41) is 5.59. The highest BCUT2D eigenvalue weighted by Crippen LogP contribution is 2.37. The number of amides is 1. The average Bonchev–Trinajstić information content (AvgIpc) is 3.39. The number of ether oxygens (including phenoxy) is 1. The van der Waals surface area contributed by atoms with E-state index >= 15 is 0 Å². The van der Waals surface area contributed by atoms with Crippen LogP contribution in [0.3, 0.4) is 0 Å². The lowest BCUT2D eigenvalue weighted by molar-refractivity contribution is -0.120. The van der Waals surface area contributed by atoms with E-state index in [9.17, 15) is 13.2 Å². The Bertz CT molecular complexity index is 1140. The summed E-state index contributed by atoms with van der Waals surface area (Å²) >= 11 is 8.72. The third kappa shape index (κ3) is 3.99. The number of hydrogen-bond acceptors (Lipinski definition) is 7. The summed E-state index contributed by atoms with van der Waals surface area (Å²) in [6.07, 6.45) is 0.927. The number of nitrogens with zero attached hydrogens (tertiary/aromatic N) is 2. The van der Waals surface area contributed by atoms with Gasteiger partial charge in [0.25, 0.3) is 10.0 Å². The SMILES string of the molecule is COc1ccc(Cl)c2sc(NC(=O)C3CCN(S(=O)(=O)c4cccs4)CC3)nc12. The van der Waals surface area contributed by atoms with Gasteiger partial charge in [-0.25, -0.2) is 13.4 Å². The van der Waals surface area contributed by atoms with Gasteiger partial charge < -0.3 is 10.1 Å². The maximum Gasteiger partial charge on any atom is 0.252 e. The summed E-state index contributed by atoms with van der Waals surface area (Å²) in [7, 11) is -1.92. The predicted octanol–water partition coefficient (Wildman–Crippen LogP) is 4.06. The van der Waals surface area contributed by atoms with Gasteiger partial charge in [-0.05, 0) is 36.4 Å². The molecular formula is C18H18ClN3O4S3. The van der Waals surface area contributed by atoms with Crippen molar-refractivity contribution in [2.75, 3.05) is 25.5 Å². The number of rotatable bonds is 5. The van der Waals surface area contributed by atoms with Gasteiger partial charge in [-0.15, -0.1) is 11.3 Å². The van der Waals surface area contributed by atoms with Crippen LogP contribution in [0.4, 0.5) is 5.13 Å². The van der Waals surface area contributed by atoms with E-state index in [-0.39, 0.29) is 11.8 Å². The van der Waals surface area contributed by atoms with E-state index in [0.29, 0.717) is 51.6 Å². The van der Waals surface area contributed by atoms with Gasteiger partial charge in [0, 0.05) is 19.0 Å². The lowest BCUT2D eigenvalue weighted by atomic mass is 9.97. The highest BCUT2D eigenvalue weighted by molar-refractivity contribution is 7.91. The van der Waals surface area contributed by atoms with Gasteiger partial charge >= 0.3 is 0 Å². The van der Waals surface area contributed by atoms with Gasteiger partial charge in [0.15, 0.2) is 5.13 Å². The van der Waals surface area contributed by atoms with Crippen molar-refractivity contribution in [3.8, 4) is 5.75 Å². The van der Waals surface area contributed by atoms with Crippen molar-refractivity contribution >= 4 is 65.6 Å². The molecule has 1 saturated heterocycles. The number of thiophene rings is 1. The molecule has 7 nitrogen and oxygen atoms in total. The van der Waals surface area contributed by atoms with Crippen LogP contribution in [0.2, 0.25) is 5.02 Å². The second kappa shape index (κ2) is 8.19. The molecular weight excluding hydrogens is 454 g/mol. The molecule has 2 aromatic heterocycles. The van der Waals surface area contributed by atoms with Crippen LogP contribution in [0.25, 0.3) is 10.2 Å². The Labute approximate surface area is 181 Å². The molecule has 0 atom stereocenters. The summed E-state index contributed by atoms with van der Waals surface area (Å²) in [4.78, 5) is 17.1. The molecule has 3 aromatic rings. The quantitative estimate of drug-likeness (QED) is 0.606. The molecule has 1 N–H and O–H groups in total. The maximum atomic E-state index is 12.7. The van der Waals surface area contributed by atoms with Crippen LogP contribution < -0.4 is 10.1 Å². The molecule has 1 aliphatic rings. The van der Waals surface area contributed by atoms with Gasteiger partial charge in [0.05, 0.1) is 16.8 Å². The minimum absolute atomic E-state index is 0.160. The van der Waals surface area contributed by atoms with Crippen molar-refractivity contribution in [2.45, 2.75) is 17.1 Å². The molecule has 0 bridgehead atoms. The standard InChI is InChI=1S/C18H18ClN3O4S3/c1-26-13-5-4-12(19)16-15(13)20-18(28-16)21-17(23)11-6-8-22(9-7-11)29(24,25)14-3-2-10-27-14/h2-5,10-11H,6-9H2,1H3,(H,20,21,23). The van der Waals surface area contributed by atoms with Gasteiger partial charge in [0.2, 0.25) is 5.91 Å². The van der Waals surface area contributed by atoms with Crippen LogP contribution in [-0.2, 0) is 14.8 Å². The van der Waals surface area contributed by atoms with Crippen LogP contribution in [0.5, 0.6) is 5.75 Å². The maximum absolute atomic E-state index is 12.7. The fraction of sp³-hybridized carbons (Fsp3) is 0.333. The number of anilines is 1. The molecule has 3 heterocycles. The third-order valence-corrected chi connectivity index (χ3v) is 9.53. The first-order chi connectivity index (χ1) is 13.9. The minimum atomic E-state index is -3.48. The van der Waals surface area contributed by atoms with Crippen molar-refractivity contribution in [3.05, 3.63) is 34.7 Å². The molecule has 1 fully saturated rings. The average molecular weight is 472 g/mol. The van der Waals surface area contributed by atoms with Gasteiger partial charge in [0.1, 0.15) is 15.5 Å². The monoisotopic (exact) mass is 471 g/mol. The van der Waals surface area contributed by atoms with Crippen LogP contribution in [0.1, 0.15) is 12.8 Å². The summed E-state index contributed by atoms with van der Waals surface area (Å²) in [6.45, 7) is 0.635. The predicted molar refractivity (Wildman–Crippen MR) is 116 cm³/mol. The number of nitrogens with one attached hydrogen (secondary N) is 1. The van der Waals surface area contributed by atoms with E-state index in [2.05, 4.69) is 10.3 Å². The Hall–Kier alpha value is -1.72. The second-order valence-electron chi connectivity index (χ2n) is 6.55. The summed E-state index contributed by atoms with van der Waals surface area (Å²) in [5.74, 6) is 0.162. The van der Waals surface area contributed by atoms with Crippen molar-refractivity contribution in [1.29, 1.82) is 0 Å². The Morgan fingerprint density at radius 3 is 2.72 bits per heavy atom. The Balaban J connectivity index is 1.43. The third-order valence-electron chi connectivity index (χ3n) is 4.82. The van der Waals surface area contributed by atoms with Gasteiger partial charge in [-0.3, -0.25) is 4.79 Å². The summed E-state index contributed by atoms with van der Waals surface area (Å²) in [6, 6.07) is 6.79. The zero-order valence-corrected chi connectivity index (χ0v) is 18.6. The van der Waals surface area contributed by atoms with E-state index in [0.717, 1.165) is 4.70 Å². The molecule has 0 unspecified atom stereocenters. The Kier molecular flexibility index (Phi) is 5.80. The number of sulfonamides is 1. The number of methoxy groups -OCH3 is 1. The lowest BCUT2D eigenvalue weighted by Gasteiger charge is -2.29. The highest BCUT2D eigenvalue weighted by Gasteiger charge is 2.32. The number of carbonyl (C=O) groups excluding carboxylic acids is 1. The smallest absolute Gasteiger partial charge is 0.252 e. The van der Waals surface area contributed by atoms with E-state index in [1.165, 1.54) is 27.0 Å². The number of carbonyl (C=O) groups is 1. The zero-order valence-electron chi connectivity index (χ0n) is 15.4. The topological polar surface area (TPSA) is 88.6 Å². The van der Waals surface area contributed by atoms with Crippen molar-refractivity contribution < 1.29 is 17.9 Å². The zero-order chi connectivity index (χ0) is 20.6. The molecule has 0 radical (unpaired) electrons. The lowest BCUT2D eigenvalue weighted by Crippen LogP contribution is -2.41. The fourth-order valence-electron chi connectivity index (χ4n) is 3.27. The van der Waals surface area contributed by atoms with Gasteiger partial charge in [-0.2, -0.15) is 4.31 Å². The van der Waals surface area contributed by atoms with E-state index in [1.807, 2.05) is 0 Å². The van der Waals surface area contributed by atoms with Crippen LogP contribution in [0, 0.1) is 5.92 Å². The fourth-order valence-corrected chi connectivity index (χ4v) is 7.05. The highest BCUT2D eigenvalue weighted by atomic mass is 35.5. The summed E-state index contributed by atoms with van der Waals surface area (Å²) in [5.41, 5.74) is 0.608. The van der Waals surface area contributed by atoms with E-state index < -0.39 is 10.0 Å². The number of hydrogen-bond donors (Lipinski definition) is 1. The molecule has 1 aromatic carbocycles. The molecule has 1 amide bonds. The molecule has 0 spiro atoms. The number of thiazole rings is 1. The first-order valence-electron chi connectivity index (χ1n) is 8.87. The van der Waals surface area contributed by atoms with Crippen molar-refractivity contribution in [3.63, 3.8) is 0 Å². The molecule has 0 saturated carbocycles. The van der Waals surface area contributed by atoms with E-state index in [1.54, 1.807) is 36.8 Å². The first-order valence-corrected chi connectivity index (χ1v) is 12.4. The number of benzene rings is 1. The first kappa shape index (κ1) is 20.5. The largest absolute Gasteiger partial charge is 0.494 e. The van der Waals surface area contributed by atoms with Crippen LogP contribution in [-0.4, -0.2) is 43.8 Å². The minimum Gasteiger partial charge on any atom is -0.494 e. The molecule has 11 heteroatoms. The van der Waals surface area contributed by atoms with Crippen molar-refractivity contribution in [2.24, 2.45) is 5.92 Å². The number of aromatic nitrogens is 1. The Morgan fingerprint density at radius 1 is 1.31 bits per heavy atom. The molecule has 1 aliphatic heterocycles. The second-order valence-corrected chi connectivity index (χ2v) is 11.1. The molecule has 29 heavy (non-hydrogen) atoms. The Morgan fingerprint density at radius 2 is 2.07 bits per heavy atom. The number of fused-ring (bicyclic) bond motifs is 1. The number of piperidine rings is 1.